The van der Waals surface area contributed by atoms with Crippen molar-refractivity contribution in [3.05, 3.63) is 51.1 Å². The molecule has 8 nitrogen and oxygen atoms in total. The van der Waals surface area contributed by atoms with E-state index in [0.717, 1.165) is 0 Å². The summed E-state index contributed by atoms with van der Waals surface area (Å²) in [7, 11) is 0. The van der Waals surface area contributed by atoms with Crippen LogP contribution in [0.4, 0.5) is 4.39 Å². The molecule has 0 amide bonds. The van der Waals surface area contributed by atoms with E-state index in [1.54, 1.807) is 25.1 Å². The number of nitrogens with zero attached hydrogens (tertiary/aromatic N) is 2. The highest BCUT2D eigenvalue weighted by molar-refractivity contribution is 5.88. The second-order valence-corrected chi connectivity index (χ2v) is 7.59. The number of pyridine rings is 2. The lowest BCUT2D eigenvalue weighted by molar-refractivity contribution is -0.172. The van der Waals surface area contributed by atoms with Crippen molar-refractivity contribution in [2.45, 2.75) is 32.1 Å². The third kappa shape index (κ3) is 2.00. The molecule has 0 saturated heterocycles. The Morgan fingerprint density at radius 3 is 2.87 bits per heavy atom. The number of hydrogen-bond acceptors (Lipinski definition) is 7. The Balaban J connectivity index is 1.62. The number of rotatable bonds is 1. The van der Waals surface area contributed by atoms with E-state index in [1.807, 2.05) is 0 Å². The van der Waals surface area contributed by atoms with Crippen molar-refractivity contribution < 1.29 is 28.5 Å². The molecular formula is C21H15FN2O6. The van der Waals surface area contributed by atoms with Gasteiger partial charge in [-0.05, 0) is 18.6 Å². The molecule has 5 heterocycles. The molecule has 0 fully saturated rings. The summed E-state index contributed by atoms with van der Waals surface area (Å²) >= 11 is 0. The molecule has 1 N–H and O–H groups in total. The van der Waals surface area contributed by atoms with Crippen LogP contribution in [-0.2, 0) is 28.3 Å². The van der Waals surface area contributed by atoms with Gasteiger partial charge in [0.05, 0.1) is 29.0 Å². The van der Waals surface area contributed by atoms with Crippen LogP contribution in [0.1, 0.15) is 30.0 Å². The Morgan fingerprint density at radius 2 is 2.07 bits per heavy atom. The van der Waals surface area contributed by atoms with Crippen LogP contribution in [0.15, 0.2) is 23.0 Å². The van der Waals surface area contributed by atoms with Crippen LogP contribution in [-0.4, -0.2) is 27.4 Å². The van der Waals surface area contributed by atoms with E-state index in [-0.39, 0.29) is 59.9 Å². The minimum atomic E-state index is -1.89. The zero-order valence-electron chi connectivity index (χ0n) is 15.8. The SMILES string of the molecule is CC[C@@]1(O)C(=O)OCc2c1cc1n(c2=O)Cc2cc3c(F)c4c(cc3nc2-1)OCO4. The maximum atomic E-state index is 14.9. The molecule has 6 rings (SSSR count). The number of ether oxygens (including phenoxy) is 3. The third-order valence-electron chi connectivity index (χ3n) is 6.09. The molecule has 0 radical (unpaired) electrons. The van der Waals surface area contributed by atoms with E-state index in [2.05, 4.69) is 4.98 Å². The molecule has 0 saturated carbocycles. The number of aromatic nitrogens is 2. The van der Waals surface area contributed by atoms with Gasteiger partial charge in [0.2, 0.25) is 12.5 Å². The van der Waals surface area contributed by atoms with E-state index in [9.17, 15) is 19.1 Å². The third-order valence-corrected chi connectivity index (χ3v) is 6.09. The molecule has 152 valence electrons. The van der Waals surface area contributed by atoms with Crippen molar-refractivity contribution in [1.82, 2.24) is 9.55 Å². The predicted molar refractivity (Wildman–Crippen MR) is 101 cm³/mol. The summed E-state index contributed by atoms with van der Waals surface area (Å²) in [5, 5.41) is 11.2. The largest absolute Gasteiger partial charge is 0.458 e. The maximum absolute atomic E-state index is 14.9. The molecule has 30 heavy (non-hydrogen) atoms. The molecule has 3 aliphatic rings. The smallest absolute Gasteiger partial charge is 0.343 e. The van der Waals surface area contributed by atoms with Crippen LogP contribution >= 0.6 is 0 Å². The number of cyclic esters (lactones) is 1. The van der Waals surface area contributed by atoms with Crippen molar-refractivity contribution in [2.24, 2.45) is 0 Å². The Labute approximate surface area is 168 Å². The van der Waals surface area contributed by atoms with Gasteiger partial charge >= 0.3 is 5.97 Å². The van der Waals surface area contributed by atoms with Gasteiger partial charge in [-0.1, -0.05) is 6.92 Å². The minimum absolute atomic E-state index is 0.0519. The van der Waals surface area contributed by atoms with Crippen LogP contribution in [0, 0.1) is 5.82 Å². The second-order valence-electron chi connectivity index (χ2n) is 7.59. The van der Waals surface area contributed by atoms with Gasteiger partial charge in [0, 0.05) is 22.6 Å². The molecule has 9 heteroatoms. The summed E-state index contributed by atoms with van der Waals surface area (Å²) in [4.78, 5) is 29.9. The lowest BCUT2D eigenvalue weighted by atomic mass is 9.86. The highest BCUT2D eigenvalue weighted by Gasteiger charge is 2.45. The fraction of sp³-hybridized carbons (Fsp3) is 0.286. The quantitative estimate of drug-likeness (QED) is 0.479. The Kier molecular flexibility index (Phi) is 3.23. The Morgan fingerprint density at radius 1 is 1.23 bits per heavy atom. The van der Waals surface area contributed by atoms with Crippen LogP contribution < -0.4 is 15.0 Å². The van der Waals surface area contributed by atoms with Gasteiger partial charge in [-0.3, -0.25) is 4.79 Å². The molecule has 0 aliphatic carbocycles. The zero-order valence-corrected chi connectivity index (χ0v) is 15.8. The van der Waals surface area contributed by atoms with Gasteiger partial charge in [-0.2, -0.15) is 0 Å². The summed E-state index contributed by atoms with van der Waals surface area (Å²) in [6.07, 6.45) is 0.0639. The minimum Gasteiger partial charge on any atom is -0.458 e. The maximum Gasteiger partial charge on any atom is 0.343 e. The number of carbonyl (C=O) groups is 1. The van der Waals surface area contributed by atoms with E-state index in [0.29, 0.717) is 22.5 Å². The fourth-order valence-electron chi connectivity index (χ4n) is 4.43. The predicted octanol–water partition coefficient (Wildman–Crippen LogP) is 1.95. The van der Waals surface area contributed by atoms with E-state index in [4.69, 9.17) is 14.2 Å². The molecule has 0 unspecified atom stereocenters. The topological polar surface area (TPSA) is 99.9 Å². The normalized spacial score (nSPS) is 20.7. The molecular weight excluding hydrogens is 395 g/mol. The first-order valence-electron chi connectivity index (χ1n) is 9.51. The number of carbonyl (C=O) groups excluding carboxylic acids is 1. The molecule has 2 aromatic heterocycles. The summed E-state index contributed by atoms with van der Waals surface area (Å²) < 4.78 is 31.9. The number of fused-ring (bicyclic) bond motifs is 6. The van der Waals surface area contributed by atoms with Crippen molar-refractivity contribution in [3.8, 4) is 22.9 Å². The van der Waals surface area contributed by atoms with Crippen molar-refractivity contribution >= 4 is 16.9 Å². The van der Waals surface area contributed by atoms with Crippen LogP contribution in [0.5, 0.6) is 11.5 Å². The van der Waals surface area contributed by atoms with E-state index in [1.165, 1.54) is 4.57 Å². The first-order chi connectivity index (χ1) is 14.4. The van der Waals surface area contributed by atoms with Crippen molar-refractivity contribution in [1.29, 1.82) is 0 Å². The van der Waals surface area contributed by atoms with Gasteiger partial charge < -0.3 is 23.9 Å². The second kappa shape index (κ2) is 5.57. The monoisotopic (exact) mass is 410 g/mol. The number of aliphatic hydroxyl groups is 1. The summed E-state index contributed by atoms with van der Waals surface area (Å²) in [5.74, 6) is -1.01. The fourth-order valence-corrected chi connectivity index (χ4v) is 4.43. The Hall–Kier alpha value is -3.46. The molecule has 1 atom stereocenters. The number of halogens is 1. The van der Waals surface area contributed by atoms with E-state index < -0.39 is 17.4 Å². The summed E-state index contributed by atoms with van der Waals surface area (Å²) in [6.45, 7) is 1.59. The van der Waals surface area contributed by atoms with Crippen molar-refractivity contribution in [3.63, 3.8) is 0 Å². The van der Waals surface area contributed by atoms with E-state index >= 15 is 0 Å². The van der Waals surface area contributed by atoms with Crippen LogP contribution in [0.25, 0.3) is 22.3 Å². The Bertz CT molecular complexity index is 1360. The highest BCUT2D eigenvalue weighted by Crippen LogP contribution is 2.42. The average molecular weight is 410 g/mol. The van der Waals surface area contributed by atoms with Crippen LogP contribution in [0.2, 0.25) is 0 Å². The molecule has 3 aliphatic heterocycles. The zero-order chi connectivity index (χ0) is 20.8. The standard InChI is InChI=1S/C21H15FN2O6/c1-2-21(27)12-4-14-17-9(6-24(14)19(25)11(12)7-28-20(21)26)3-10-13(23-17)5-15-18(16(10)22)30-8-29-15/h3-5,27H,2,6-8H2,1H3/t21-/m0/s1. The van der Waals surface area contributed by atoms with Crippen LogP contribution in [0.3, 0.4) is 0 Å². The number of esters is 1. The molecule has 3 aromatic rings. The lowest BCUT2D eigenvalue weighted by Gasteiger charge is -2.31. The molecule has 0 bridgehead atoms. The van der Waals surface area contributed by atoms with Gasteiger partial charge in [-0.15, -0.1) is 0 Å². The summed E-state index contributed by atoms with van der Waals surface area (Å²) in [5.41, 5.74) is 0.217. The summed E-state index contributed by atoms with van der Waals surface area (Å²) in [6, 6.07) is 4.86. The lowest BCUT2D eigenvalue weighted by Crippen LogP contribution is -2.44. The van der Waals surface area contributed by atoms with Gasteiger partial charge in [0.25, 0.3) is 5.56 Å². The van der Waals surface area contributed by atoms with Gasteiger partial charge in [0.1, 0.15) is 6.61 Å². The number of hydrogen-bond donors (Lipinski definition) is 1. The first-order valence-corrected chi connectivity index (χ1v) is 9.51. The number of benzene rings is 1. The highest BCUT2D eigenvalue weighted by atomic mass is 19.1. The average Bonchev–Trinajstić information content (AvgIpc) is 3.35. The van der Waals surface area contributed by atoms with Crippen molar-refractivity contribution in [2.75, 3.05) is 6.79 Å². The van der Waals surface area contributed by atoms with Gasteiger partial charge in [-0.25, -0.2) is 14.2 Å². The molecule has 1 aromatic carbocycles. The molecule has 0 spiro atoms. The first kappa shape index (κ1) is 17.4. The van der Waals surface area contributed by atoms with Gasteiger partial charge in [0.15, 0.2) is 17.2 Å².